The minimum atomic E-state index is -4.46. The van der Waals surface area contributed by atoms with Gasteiger partial charge in [0.25, 0.3) is 0 Å². The number of hydrogen-bond donors (Lipinski definition) is 1. The lowest BCUT2D eigenvalue weighted by Gasteiger charge is -2.10. The number of aromatic nitrogens is 2. The third-order valence-corrected chi connectivity index (χ3v) is 3.72. The highest BCUT2D eigenvalue weighted by Gasteiger charge is 2.30. The Morgan fingerprint density at radius 3 is 2.38 bits per heavy atom. The van der Waals surface area contributed by atoms with Crippen molar-refractivity contribution in [2.75, 3.05) is 5.32 Å². The molecule has 0 radical (unpaired) electrons. The maximum absolute atomic E-state index is 12.9. The molecule has 0 saturated heterocycles. The number of alkyl halides is 3. The van der Waals surface area contributed by atoms with Crippen molar-refractivity contribution in [1.82, 2.24) is 9.97 Å². The van der Waals surface area contributed by atoms with E-state index in [9.17, 15) is 17.6 Å². The summed E-state index contributed by atoms with van der Waals surface area (Å²) in [5.74, 6) is 0.0811. The Morgan fingerprint density at radius 1 is 0.962 bits per heavy atom. The van der Waals surface area contributed by atoms with Gasteiger partial charge in [-0.2, -0.15) is 13.2 Å². The van der Waals surface area contributed by atoms with Crippen molar-refractivity contribution in [2.45, 2.75) is 12.7 Å². The van der Waals surface area contributed by atoms with Crippen LogP contribution in [0.25, 0.3) is 11.4 Å². The lowest BCUT2D eigenvalue weighted by Crippen LogP contribution is -2.06. The topological polar surface area (TPSA) is 37.8 Å². The number of halogens is 5. The van der Waals surface area contributed by atoms with Gasteiger partial charge in [-0.05, 0) is 29.8 Å². The van der Waals surface area contributed by atoms with Crippen LogP contribution in [0.3, 0.4) is 0 Å². The number of rotatable bonds is 4. The van der Waals surface area contributed by atoms with Crippen LogP contribution in [0.1, 0.15) is 11.1 Å². The Kier molecular flexibility index (Phi) is 5.08. The van der Waals surface area contributed by atoms with E-state index in [-0.39, 0.29) is 22.4 Å². The normalized spacial score (nSPS) is 11.4. The van der Waals surface area contributed by atoms with Gasteiger partial charge in [-0.25, -0.2) is 14.4 Å². The summed E-state index contributed by atoms with van der Waals surface area (Å²) in [6.45, 7) is 0.343. The maximum Gasteiger partial charge on any atom is 0.416 e. The molecule has 3 aromatic rings. The summed E-state index contributed by atoms with van der Waals surface area (Å²) in [6, 6.07) is 12.0. The number of anilines is 1. The molecule has 0 aliphatic heterocycles. The summed E-state index contributed by atoms with van der Waals surface area (Å²) in [4.78, 5) is 8.20. The van der Waals surface area contributed by atoms with Crippen molar-refractivity contribution in [2.24, 2.45) is 0 Å². The highest BCUT2D eigenvalue weighted by Crippen LogP contribution is 2.31. The first-order chi connectivity index (χ1) is 12.3. The molecule has 3 nitrogen and oxygen atoms in total. The fraction of sp³-hybridized carbons (Fsp3) is 0.111. The lowest BCUT2D eigenvalue weighted by molar-refractivity contribution is -0.137. The summed E-state index contributed by atoms with van der Waals surface area (Å²) in [5.41, 5.74) is 0.216. The fourth-order valence-corrected chi connectivity index (χ4v) is 2.45. The van der Waals surface area contributed by atoms with E-state index in [1.807, 2.05) is 0 Å². The summed E-state index contributed by atoms with van der Waals surface area (Å²) in [6.07, 6.45) is -4.46. The molecule has 1 aromatic heterocycles. The summed E-state index contributed by atoms with van der Waals surface area (Å²) < 4.78 is 51.5. The SMILES string of the molecule is Fc1ccc(CNc2cc(Cl)nc(-c3cccc(C(F)(F)F)c3)n2)cc1. The second-order valence-corrected chi connectivity index (χ2v) is 5.85. The van der Waals surface area contributed by atoms with E-state index in [1.54, 1.807) is 12.1 Å². The molecule has 3 rings (SSSR count). The Bertz CT molecular complexity index is 911. The fourth-order valence-electron chi connectivity index (χ4n) is 2.27. The molecule has 0 saturated carbocycles. The van der Waals surface area contributed by atoms with E-state index in [2.05, 4.69) is 15.3 Å². The summed E-state index contributed by atoms with van der Waals surface area (Å²) in [7, 11) is 0. The molecular weight excluding hydrogens is 370 g/mol. The smallest absolute Gasteiger partial charge is 0.366 e. The van der Waals surface area contributed by atoms with Gasteiger partial charge < -0.3 is 5.32 Å². The van der Waals surface area contributed by atoms with Crippen molar-refractivity contribution in [3.63, 3.8) is 0 Å². The first-order valence-corrected chi connectivity index (χ1v) is 7.89. The van der Waals surface area contributed by atoms with E-state index in [4.69, 9.17) is 11.6 Å². The predicted octanol–water partition coefficient (Wildman–Crippen LogP) is 5.57. The average molecular weight is 382 g/mol. The van der Waals surface area contributed by atoms with Gasteiger partial charge in [-0.1, -0.05) is 35.9 Å². The van der Waals surface area contributed by atoms with Gasteiger partial charge in [0.1, 0.15) is 16.8 Å². The molecule has 0 spiro atoms. The van der Waals surface area contributed by atoms with Gasteiger partial charge in [0, 0.05) is 18.2 Å². The van der Waals surface area contributed by atoms with E-state index >= 15 is 0 Å². The monoisotopic (exact) mass is 381 g/mol. The Balaban J connectivity index is 1.85. The van der Waals surface area contributed by atoms with E-state index in [0.29, 0.717) is 12.4 Å². The highest BCUT2D eigenvalue weighted by atomic mass is 35.5. The van der Waals surface area contributed by atoms with Crippen LogP contribution in [0, 0.1) is 5.82 Å². The molecule has 26 heavy (non-hydrogen) atoms. The Labute approximate surface area is 151 Å². The van der Waals surface area contributed by atoms with E-state index in [0.717, 1.165) is 17.7 Å². The van der Waals surface area contributed by atoms with Crippen LogP contribution in [0.15, 0.2) is 54.6 Å². The molecule has 0 bridgehead atoms. The zero-order valence-corrected chi connectivity index (χ0v) is 13.9. The molecule has 0 unspecified atom stereocenters. The van der Waals surface area contributed by atoms with Crippen molar-refractivity contribution in [3.05, 3.63) is 76.7 Å². The van der Waals surface area contributed by atoms with E-state index in [1.165, 1.54) is 30.3 Å². The molecular formula is C18H12ClF4N3. The molecule has 0 fully saturated rings. The van der Waals surface area contributed by atoms with Crippen LogP contribution in [-0.2, 0) is 12.7 Å². The van der Waals surface area contributed by atoms with Crippen LogP contribution in [0.2, 0.25) is 5.15 Å². The lowest BCUT2D eigenvalue weighted by atomic mass is 10.1. The standard InChI is InChI=1S/C18H12ClF4N3/c19-15-9-16(24-10-11-4-6-14(20)7-5-11)26-17(25-15)12-2-1-3-13(8-12)18(21,22)23/h1-9H,10H2,(H,24,25,26). The van der Waals surface area contributed by atoms with Crippen molar-refractivity contribution < 1.29 is 17.6 Å². The van der Waals surface area contributed by atoms with Gasteiger partial charge in [0.2, 0.25) is 0 Å². The largest absolute Gasteiger partial charge is 0.416 e. The van der Waals surface area contributed by atoms with Crippen LogP contribution in [-0.4, -0.2) is 9.97 Å². The molecule has 0 amide bonds. The highest BCUT2D eigenvalue weighted by molar-refractivity contribution is 6.29. The molecule has 0 aliphatic rings. The van der Waals surface area contributed by atoms with Crippen molar-refractivity contribution in [3.8, 4) is 11.4 Å². The van der Waals surface area contributed by atoms with Gasteiger partial charge in [-0.3, -0.25) is 0 Å². The molecule has 8 heteroatoms. The molecule has 0 atom stereocenters. The number of hydrogen-bond acceptors (Lipinski definition) is 3. The maximum atomic E-state index is 12.9. The van der Waals surface area contributed by atoms with Gasteiger partial charge >= 0.3 is 6.18 Å². The van der Waals surface area contributed by atoms with Crippen LogP contribution in [0.4, 0.5) is 23.4 Å². The Hall–Kier alpha value is -2.67. The molecule has 134 valence electrons. The van der Waals surface area contributed by atoms with E-state index < -0.39 is 11.7 Å². The number of nitrogens with one attached hydrogen (secondary N) is 1. The van der Waals surface area contributed by atoms with Crippen LogP contribution in [0.5, 0.6) is 0 Å². The molecule has 1 N–H and O–H groups in total. The minimum absolute atomic E-state index is 0.0743. The van der Waals surface area contributed by atoms with Crippen molar-refractivity contribution >= 4 is 17.4 Å². The second kappa shape index (κ2) is 7.29. The first kappa shape index (κ1) is 18.1. The van der Waals surface area contributed by atoms with Crippen LogP contribution >= 0.6 is 11.6 Å². The Morgan fingerprint density at radius 2 is 1.69 bits per heavy atom. The zero-order chi connectivity index (χ0) is 18.7. The second-order valence-electron chi connectivity index (χ2n) is 5.46. The molecule has 0 aliphatic carbocycles. The van der Waals surface area contributed by atoms with Crippen LogP contribution < -0.4 is 5.32 Å². The van der Waals surface area contributed by atoms with Gasteiger partial charge in [-0.15, -0.1) is 0 Å². The third-order valence-electron chi connectivity index (χ3n) is 3.53. The summed E-state index contributed by atoms with van der Waals surface area (Å²) >= 11 is 5.97. The van der Waals surface area contributed by atoms with Crippen molar-refractivity contribution in [1.29, 1.82) is 0 Å². The first-order valence-electron chi connectivity index (χ1n) is 7.52. The van der Waals surface area contributed by atoms with Gasteiger partial charge in [0.15, 0.2) is 5.82 Å². The molecule has 1 heterocycles. The predicted molar refractivity (Wildman–Crippen MR) is 91.2 cm³/mol. The average Bonchev–Trinajstić information content (AvgIpc) is 2.60. The zero-order valence-electron chi connectivity index (χ0n) is 13.2. The number of nitrogens with zero attached hydrogens (tertiary/aromatic N) is 2. The van der Waals surface area contributed by atoms with Gasteiger partial charge in [0.05, 0.1) is 5.56 Å². The quantitative estimate of drug-likeness (QED) is 0.474. The molecule has 2 aromatic carbocycles. The summed E-state index contributed by atoms with van der Waals surface area (Å²) in [5, 5.41) is 3.09. The third kappa shape index (κ3) is 4.49. The number of benzene rings is 2. The minimum Gasteiger partial charge on any atom is -0.366 e.